The molecule has 3 atom stereocenters. The van der Waals surface area contributed by atoms with Crippen LogP contribution in [0.15, 0.2) is 48.6 Å². The summed E-state index contributed by atoms with van der Waals surface area (Å²) in [5.41, 5.74) is 3.15. The summed E-state index contributed by atoms with van der Waals surface area (Å²) in [5, 5.41) is 13.3. The minimum Gasteiger partial charge on any atom is -0.497 e. The monoisotopic (exact) mass is 355 g/mol. The van der Waals surface area contributed by atoms with E-state index in [4.69, 9.17) is 16.3 Å². The normalized spacial score (nSPS) is 23.5. The highest BCUT2D eigenvalue weighted by Crippen LogP contribution is 2.52. The third kappa shape index (κ3) is 2.67. The lowest BCUT2D eigenvalue weighted by atomic mass is 9.76. The van der Waals surface area contributed by atoms with E-state index in [1.54, 1.807) is 13.2 Å². The topological polar surface area (TPSA) is 58.6 Å². The number of methoxy groups -OCH3 is 1. The van der Waals surface area contributed by atoms with E-state index in [1.165, 1.54) is 6.07 Å². The molecule has 0 fully saturated rings. The first-order valence-corrected chi connectivity index (χ1v) is 8.60. The molecule has 128 valence electrons. The average Bonchev–Trinajstić information content (AvgIpc) is 3.11. The van der Waals surface area contributed by atoms with Gasteiger partial charge in [0.25, 0.3) is 0 Å². The maximum absolute atomic E-state index is 11.4. The number of fused-ring (bicyclic) bond motifs is 3. The number of halogens is 1. The van der Waals surface area contributed by atoms with Crippen LogP contribution in [0.5, 0.6) is 5.75 Å². The van der Waals surface area contributed by atoms with Crippen molar-refractivity contribution in [1.82, 2.24) is 0 Å². The van der Waals surface area contributed by atoms with Crippen molar-refractivity contribution in [2.45, 2.75) is 18.4 Å². The van der Waals surface area contributed by atoms with Gasteiger partial charge in [0, 0.05) is 5.92 Å². The quantitative estimate of drug-likeness (QED) is 0.771. The van der Waals surface area contributed by atoms with Crippen LogP contribution in [0, 0.1) is 5.92 Å². The molecule has 0 bridgehead atoms. The highest BCUT2D eigenvalue weighted by atomic mass is 35.5. The molecule has 4 nitrogen and oxygen atoms in total. The number of aromatic carboxylic acids is 1. The first-order chi connectivity index (χ1) is 12.1. The third-order valence-corrected chi connectivity index (χ3v) is 5.42. The summed E-state index contributed by atoms with van der Waals surface area (Å²) in [7, 11) is 1.66. The Balaban J connectivity index is 1.81. The number of anilines is 1. The van der Waals surface area contributed by atoms with Gasteiger partial charge in [0.1, 0.15) is 5.75 Å². The molecule has 0 saturated carbocycles. The molecule has 1 heterocycles. The molecule has 0 aromatic heterocycles. The second-order valence-corrected chi connectivity index (χ2v) is 6.89. The van der Waals surface area contributed by atoms with E-state index in [0.717, 1.165) is 29.0 Å². The summed E-state index contributed by atoms with van der Waals surface area (Å²) >= 11 is 6.42. The molecule has 0 amide bonds. The Hall–Kier alpha value is -2.46. The van der Waals surface area contributed by atoms with Gasteiger partial charge in [0.05, 0.1) is 29.4 Å². The Morgan fingerprint density at radius 1 is 1.32 bits per heavy atom. The summed E-state index contributed by atoms with van der Waals surface area (Å²) in [5.74, 6) is 0.335. The second-order valence-electron chi connectivity index (χ2n) is 6.48. The van der Waals surface area contributed by atoms with Gasteiger partial charge in [-0.15, -0.1) is 0 Å². The molecule has 4 rings (SSSR count). The first-order valence-electron chi connectivity index (χ1n) is 8.22. The molecule has 1 aliphatic heterocycles. The van der Waals surface area contributed by atoms with Crippen molar-refractivity contribution < 1.29 is 14.6 Å². The molecule has 2 aromatic carbocycles. The van der Waals surface area contributed by atoms with Gasteiger partial charge in [-0.3, -0.25) is 0 Å². The lowest BCUT2D eigenvalue weighted by Gasteiger charge is -2.38. The van der Waals surface area contributed by atoms with Gasteiger partial charge in [-0.25, -0.2) is 4.79 Å². The van der Waals surface area contributed by atoms with Gasteiger partial charge in [-0.05, 0) is 47.7 Å². The first kappa shape index (κ1) is 16.0. The predicted molar refractivity (Wildman–Crippen MR) is 97.8 cm³/mol. The SMILES string of the molecule is COc1cccc([C@@H]2Nc3c(Cl)cc(C(=O)O)cc3[C@@H]3C=CC[C@@H]32)c1. The molecule has 1 aliphatic carbocycles. The highest BCUT2D eigenvalue weighted by molar-refractivity contribution is 6.33. The van der Waals surface area contributed by atoms with Crippen LogP contribution in [0.3, 0.4) is 0 Å². The smallest absolute Gasteiger partial charge is 0.335 e. The Morgan fingerprint density at radius 2 is 2.16 bits per heavy atom. The zero-order chi connectivity index (χ0) is 17.6. The van der Waals surface area contributed by atoms with Crippen molar-refractivity contribution in [3.63, 3.8) is 0 Å². The number of hydrogen-bond acceptors (Lipinski definition) is 3. The number of carboxylic acid groups (broad SMARTS) is 1. The number of allylic oxidation sites excluding steroid dienone is 2. The van der Waals surface area contributed by atoms with Gasteiger partial charge in [0.15, 0.2) is 0 Å². The van der Waals surface area contributed by atoms with Crippen LogP contribution < -0.4 is 10.1 Å². The Morgan fingerprint density at radius 3 is 2.92 bits per heavy atom. The summed E-state index contributed by atoms with van der Waals surface area (Å²) in [4.78, 5) is 11.4. The standard InChI is InChI=1S/C20H18ClNO3/c1-25-13-5-2-4-11(8-13)18-15-7-3-6-14(15)16-9-12(20(23)24)10-17(21)19(16)22-18/h2-6,8-10,14-15,18,22H,7H2,1H3,(H,23,24)/t14-,15+,18+/m1/s1. The molecule has 2 N–H and O–H groups in total. The van der Waals surface area contributed by atoms with Gasteiger partial charge >= 0.3 is 5.97 Å². The average molecular weight is 356 g/mol. The van der Waals surface area contributed by atoms with Gasteiger partial charge < -0.3 is 15.2 Å². The van der Waals surface area contributed by atoms with Crippen molar-refractivity contribution in [3.05, 3.63) is 70.3 Å². The van der Waals surface area contributed by atoms with Crippen LogP contribution in [-0.4, -0.2) is 18.2 Å². The van der Waals surface area contributed by atoms with Crippen LogP contribution in [0.2, 0.25) is 5.02 Å². The highest BCUT2D eigenvalue weighted by Gasteiger charge is 2.39. The number of nitrogens with one attached hydrogen (secondary N) is 1. The molecule has 2 aromatic rings. The maximum Gasteiger partial charge on any atom is 0.335 e. The fourth-order valence-electron chi connectivity index (χ4n) is 3.94. The van der Waals surface area contributed by atoms with Crippen LogP contribution in [0.4, 0.5) is 5.69 Å². The number of ether oxygens (including phenoxy) is 1. The Kier molecular flexibility index (Phi) is 3.92. The van der Waals surface area contributed by atoms with Gasteiger partial charge in [0.2, 0.25) is 0 Å². The van der Waals surface area contributed by atoms with Crippen LogP contribution >= 0.6 is 11.6 Å². The predicted octanol–water partition coefficient (Wildman–Crippen LogP) is 4.87. The molecule has 0 radical (unpaired) electrons. The molecule has 0 unspecified atom stereocenters. The van der Waals surface area contributed by atoms with Crippen molar-refractivity contribution >= 4 is 23.3 Å². The number of rotatable bonds is 3. The zero-order valence-corrected chi connectivity index (χ0v) is 14.5. The van der Waals surface area contributed by atoms with Crippen molar-refractivity contribution in [2.75, 3.05) is 12.4 Å². The van der Waals surface area contributed by atoms with Crippen LogP contribution in [-0.2, 0) is 0 Å². The van der Waals surface area contributed by atoms with Crippen LogP contribution in [0.25, 0.3) is 0 Å². The van der Waals surface area contributed by atoms with E-state index in [1.807, 2.05) is 18.2 Å². The minimum absolute atomic E-state index is 0.0933. The number of hydrogen-bond donors (Lipinski definition) is 2. The lowest BCUT2D eigenvalue weighted by Crippen LogP contribution is -2.29. The van der Waals surface area contributed by atoms with Crippen molar-refractivity contribution in [3.8, 4) is 5.75 Å². The Bertz CT molecular complexity index is 877. The number of carbonyl (C=O) groups is 1. The van der Waals surface area contributed by atoms with Crippen molar-refractivity contribution in [1.29, 1.82) is 0 Å². The van der Waals surface area contributed by atoms with Crippen LogP contribution in [0.1, 0.15) is 39.9 Å². The fourth-order valence-corrected chi connectivity index (χ4v) is 4.23. The van der Waals surface area contributed by atoms with Crippen molar-refractivity contribution in [2.24, 2.45) is 5.92 Å². The van der Waals surface area contributed by atoms with E-state index in [-0.39, 0.29) is 17.5 Å². The van der Waals surface area contributed by atoms with E-state index in [0.29, 0.717) is 10.9 Å². The van der Waals surface area contributed by atoms with E-state index >= 15 is 0 Å². The minimum atomic E-state index is -0.960. The molecule has 0 saturated heterocycles. The van der Waals surface area contributed by atoms with Gasteiger partial charge in [-0.2, -0.15) is 0 Å². The summed E-state index contributed by atoms with van der Waals surface area (Å²) < 4.78 is 5.36. The molecule has 0 spiro atoms. The molecule has 5 heteroatoms. The van der Waals surface area contributed by atoms with E-state index in [2.05, 4.69) is 23.5 Å². The van der Waals surface area contributed by atoms with E-state index < -0.39 is 5.97 Å². The van der Waals surface area contributed by atoms with E-state index in [9.17, 15) is 9.90 Å². The summed E-state index contributed by atoms with van der Waals surface area (Å²) in [6, 6.07) is 11.4. The molecular formula is C20H18ClNO3. The fraction of sp³-hybridized carbons (Fsp3) is 0.250. The maximum atomic E-state index is 11.4. The molecular weight excluding hydrogens is 338 g/mol. The summed E-state index contributed by atoms with van der Waals surface area (Å²) in [6.45, 7) is 0. The largest absolute Gasteiger partial charge is 0.497 e. The lowest BCUT2D eigenvalue weighted by molar-refractivity contribution is 0.0696. The number of carboxylic acids is 1. The summed E-state index contributed by atoms with van der Waals surface area (Å²) in [6.07, 6.45) is 5.27. The third-order valence-electron chi connectivity index (χ3n) is 5.12. The molecule has 25 heavy (non-hydrogen) atoms. The molecule has 2 aliphatic rings. The second kappa shape index (κ2) is 6.12. The zero-order valence-electron chi connectivity index (χ0n) is 13.7. The van der Waals surface area contributed by atoms with Gasteiger partial charge in [-0.1, -0.05) is 35.9 Å². The Labute approximate surface area is 151 Å². The number of benzene rings is 2.